The molecular formula is C15H24N2O. The summed E-state index contributed by atoms with van der Waals surface area (Å²) in [6.07, 6.45) is 3.81. The summed E-state index contributed by atoms with van der Waals surface area (Å²) >= 11 is 0. The molecule has 3 nitrogen and oxygen atoms in total. The van der Waals surface area contributed by atoms with Gasteiger partial charge in [0, 0.05) is 12.6 Å². The van der Waals surface area contributed by atoms with Gasteiger partial charge in [0.05, 0.1) is 0 Å². The third-order valence-electron chi connectivity index (χ3n) is 4.09. The van der Waals surface area contributed by atoms with Crippen LogP contribution in [0.1, 0.15) is 31.7 Å². The predicted octanol–water partition coefficient (Wildman–Crippen LogP) is 2.34. The van der Waals surface area contributed by atoms with Gasteiger partial charge in [-0.1, -0.05) is 25.5 Å². The molecule has 0 saturated heterocycles. The lowest BCUT2D eigenvalue weighted by molar-refractivity contribution is 0.162. The molecule has 2 rings (SSSR count). The van der Waals surface area contributed by atoms with E-state index >= 15 is 0 Å². The predicted molar refractivity (Wildman–Crippen MR) is 74.4 cm³/mol. The van der Waals surface area contributed by atoms with Crippen LogP contribution in [0.15, 0.2) is 24.3 Å². The van der Waals surface area contributed by atoms with E-state index in [4.69, 9.17) is 5.73 Å². The molecule has 100 valence electrons. The van der Waals surface area contributed by atoms with E-state index in [1.807, 2.05) is 12.1 Å². The molecule has 0 aliphatic heterocycles. The van der Waals surface area contributed by atoms with Crippen molar-refractivity contribution in [2.24, 2.45) is 11.7 Å². The fourth-order valence-electron chi connectivity index (χ4n) is 3.13. The quantitative estimate of drug-likeness (QED) is 0.841. The molecule has 1 aromatic rings. The van der Waals surface area contributed by atoms with Crippen molar-refractivity contribution in [1.82, 2.24) is 4.90 Å². The first-order valence-electron chi connectivity index (χ1n) is 6.96. The highest BCUT2D eigenvalue weighted by molar-refractivity contribution is 5.27. The Hall–Kier alpha value is -1.06. The van der Waals surface area contributed by atoms with E-state index in [1.54, 1.807) is 6.07 Å². The van der Waals surface area contributed by atoms with Crippen LogP contribution in [0.5, 0.6) is 5.75 Å². The second kappa shape index (κ2) is 6.21. The zero-order chi connectivity index (χ0) is 13.0. The van der Waals surface area contributed by atoms with Gasteiger partial charge >= 0.3 is 0 Å². The average molecular weight is 248 g/mol. The lowest BCUT2D eigenvalue weighted by atomic mass is 10.0. The first-order valence-corrected chi connectivity index (χ1v) is 6.96. The monoisotopic (exact) mass is 248 g/mol. The minimum Gasteiger partial charge on any atom is -0.508 e. The average Bonchev–Trinajstić information content (AvgIpc) is 2.84. The standard InChI is InChI=1S/C15H24N2O/c1-2-17(15-8-4-6-13(15)10-16)11-12-5-3-7-14(18)9-12/h3,5,7,9,13,15,18H,2,4,6,8,10-11,16H2,1H3. The first kappa shape index (κ1) is 13.4. The molecule has 1 saturated carbocycles. The van der Waals surface area contributed by atoms with Gasteiger partial charge in [-0.2, -0.15) is 0 Å². The number of hydrogen-bond donors (Lipinski definition) is 2. The number of nitrogens with zero attached hydrogens (tertiary/aromatic N) is 1. The fourth-order valence-corrected chi connectivity index (χ4v) is 3.13. The highest BCUT2D eigenvalue weighted by Gasteiger charge is 2.30. The molecule has 1 aliphatic carbocycles. The van der Waals surface area contributed by atoms with Crippen LogP contribution in [-0.4, -0.2) is 29.1 Å². The van der Waals surface area contributed by atoms with Gasteiger partial charge in [0.1, 0.15) is 5.75 Å². The van der Waals surface area contributed by atoms with Crippen LogP contribution in [0.3, 0.4) is 0 Å². The second-order valence-electron chi connectivity index (χ2n) is 5.23. The van der Waals surface area contributed by atoms with E-state index in [1.165, 1.54) is 24.8 Å². The van der Waals surface area contributed by atoms with Gasteiger partial charge in [-0.25, -0.2) is 0 Å². The summed E-state index contributed by atoms with van der Waals surface area (Å²) in [7, 11) is 0. The maximum absolute atomic E-state index is 9.52. The molecule has 0 amide bonds. The number of phenols is 1. The topological polar surface area (TPSA) is 49.5 Å². The summed E-state index contributed by atoms with van der Waals surface area (Å²) in [5.74, 6) is 0.993. The van der Waals surface area contributed by atoms with Gasteiger partial charge in [-0.3, -0.25) is 4.90 Å². The summed E-state index contributed by atoms with van der Waals surface area (Å²) in [6, 6.07) is 8.18. The van der Waals surface area contributed by atoms with Gasteiger partial charge in [0.15, 0.2) is 0 Å². The Balaban J connectivity index is 2.05. The number of benzene rings is 1. The Morgan fingerprint density at radius 1 is 1.39 bits per heavy atom. The van der Waals surface area contributed by atoms with Crippen molar-refractivity contribution < 1.29 is 5.11 Å². The molecule has 3 N–H and O–H groups in total. The normalized spacial score (nSPS) is 23.7. The van der Waals surface area contributed by atoms with Crippen LogP contribution >= 0.6 is 0 Å². The fraction of sp³-hybridized carbons (Fsp3) is 0.600. The lowest BCUT2D eigenvalue weighted by Gasteiger charge is -2.31. The molecule has 0 bridgehead atoms. The Kier molecular flexibility index (Phi) is 4.61. The van der Waals surface area contributed by atoms with Gasteiger partial charge in [0.25, 0.3) is 0 Å². The number of phenolic OH excluding ortho intramolecular Hbond substituents is 1. The molecule has 3 heteroatoms. The number of rotatable bonds is 5. The third kappa shape index (κ3) is 3.03. The summed E-state index contributed by atoms with van der Waals surface area (Å²) in [4.78, 5) is 2.50. The molecular weight excluding hydrogens is 224 g/mol. The summed E-state index contributed by atoms with van der Waals surface area (Å²) < 4.78 is 0. The van der Waals surface area contributed by atoms with Crippen molar-refractivity contribution in [2.75, 3.05) is 13.1 Å². The summed E-state index contributed by atoms with van der Waals surface area (Å²) in [6.45, 7) is 4.94. The first-order chi connectivity index (χ1) is 8.74. The largest absolute Gasteiger partial charge is 0.508 e. The van der Waals surface area contributed by atoms with Crippen molar-refractivity contribution in [3.8, 4) is 5.75 Å². The van der Waals surface area contributed by atoms with Crippen LogP contribution < -0.4 is 5.73 Å². The van der Waals surface area contributed by atoms with E-state index in [9.17, 15) is 5.11 Å². The SMILES string of the molecule is CCN(Cc1cccc(O)c1)C1CCCC1CN. The second-order valence-corrected chi connectivity index (χ2v) is 5.23. The van der Waals surface area contributed by atoms with Crippen LogP contribution in [0.25, 0.3) is 0 Å². The molecule has 1 aromatic carbocycles. The summed E-state index contributed by atoms with van der Waals surface area (Å²) in [5.41, 5.74) is 7.05. The number of aromatic hydroxyl groups is 1. The van der Waals surface area contributed by atoms with Crippen molar-refractivity contribution in [1.29, 1.82) is 0 Å². The molecule has 1 fully saturated rings. The van der Waals surface area contributed by atoms with Crippen molar-refractivity contribution in [3.05, 3.63) is 29.8 Å². The maximum Gasteiger partial charge on any atom is 0.115 e. The molecule has 18 heavy (non-hydrogen) atoms. The Labute approximate surface area is 110 Å². The highest BCUT2D eigenvalue weighted by atomic mass is 16.3. The molecule has 1 aliphatic rings. The summed E-state index contributed by atoms with van der Waals surface area (Å²) in [5, 5.41) is 9.52. The van der Waals surface area contributed by atoms with Crippen LogP contribution in [0.4, 0.5) is 0 Å². The van der Waals surface area contributed by atoms with E-state index < -0.39 is 0 Å². The molecule has 2 atom stereocenters. The molecule has 0 radical (unpaired) electrons. The van der Waals surface area contributed by atoms with Crippen LogP contribution in [0.2, 0.25) is 0 Å². The Morgan fingerprint density at radius 2 is 2.22 bits per heavy atom. The van der Waals surface area contributed by atoms with Crippen LogP contribution in [0, 0.1) is 5.92 Å². The highest BCUT2D eigenvalue weighted by Crippen LogP contribution is 2.30. The smallest absolute Gasteiger partial charge is 0.115 e. The van der Waals surface area contributed by atoms with Gasteiger partial charge < -0.3 is 10.8 Å². The zero-order valence-electron chi connectivity index (χ0n) is 11.2. The maximum atomic E-state index is 9.52. The Morgan fingerprint density at radius 3 is 2.89 bits per heavy atom. The van der Waals surface area contributed by atoms with Crippen molar-refractivity contribution >= 4 is 0 Å². The minimum atomic E-state index is 0.352. The number of nitrogens with two attached hydrogens (primary N) is 1. The van der Waals surface area contributed by atoms with E-state index in [2.05, 4.69) is 17.9 Å². The molecule has 0 heterocycles. The van der Waals surface area contributed by atoms with Crippen molar-refractivity contribution in [3.63, 3.8) is 0 Å². The lowest BCUT2D eigenvalue weighted by Crippen LogP contribution is -2.39. The zero-order valence-corrected chi connectivity index (χ0v) is 11.2. The van der Waals surface area contributed by atoms with Crippen molar-refractivity contribution in [2.45, 2.75) is 38.8 Å². The van der Waals surface area contributed by atoms with E-state index in [0.29, 0.717) is 17.7 Å². The molecule has 2 unspecified atom stereocenters. The number of hydrogen-bond acceptors (Lipinski definition) is 3. The molecule has 0 spiro atoms. The Bertz CT molecular complexity index is 381. The van der Waals surface area contributed by atoms with Crippen LogP contribution in [-0.2, 0) is 6.54 Å². The van der Waals surface area contributed by atoms with E-state index in [-0.39, 0.29) is 0 Å². The molecule has 0 aromatic heterocycles. The van der Waals surface area contributed by atoms with E-state index in [0.717, 1.165) is 19.6 Å². The van der Waals surface area contributed by atoms with Gasteiger partial charge in [-0.15, -0.1) is 0 Å². The van der Waals surface area contributed by atoms with Gasteiger partial charge in [0.2, 0.25) is 0 Å². The minimum absolute atomic E-state index is 0.352. The van der Waals surface area contributed by atoms with Gasteiger partial charge in [-0.05, 0) is 49.5 Å². The third-order valence-corrected chi connectivity index (χ3v) is 4.09.